The van der Waals surface area contributed by atoms with Crippen molar-refractivity contribution in [1.82, 2.24) is 5.43 Å². The van der Waals surface area contributed by atoms with Gasteiger partial charge in [-0.05, 0) is 29.5 Å². The highest BCUT2D eigenvalue weighted by molar-refractivity contribution is 9.10. The highest BCUT2D eigenvalue weighted by atomic mass is 79.9. The first-order chi connectivity index (χ1) is 6.93. The van der Waals surface area contributed by atoms with E-state index >= 15 is 0 Å². The molecule has 0 saturated carbocycles. The molecule has 0 fully saturated rings. The summed E-state index contributed by atoms with van der Waals surface area (Å²) in [5.41, 5.74) is 4.35. The summed E-state index contributed by atoms with van der Waals surface area (Å²) in [5.74, 6) is 5.58. The molecule has 3 heteroatoms. The van der Waals surface area contributed by atoms with Gasteiger partial charge in [-0.1, -0.05) is 48.8 Å². The van der Waals surface area contributed by atoms with Gasteiger partial charge in [0.15, 0.2) is 0 Å². The molecule has 0 heterocycles. The van der Waals surface area contributed by atoms with E-state index < -0.39 is 0 Å². The molecule has 0 aliphatic rings. The van der Waals surface area contributed by atoms with Gasteiger partial charge in [0.1, 0.15) is 0 Å². The molecule has 1 unspecified atom stereocenters. The number of rotatable bonds is 3. The molecule has 15 heavy (non-hydrogen) atoms. The molecule has 3 N–H and O–H groups in total. The summed E-state index contributed by atoms with van der Waals surface area (Å²) >= 11 is 3.47. The first-order valence-corrected chi connectivity index (χ1v) is 5.93. The number of hydrogen-bond acceptors (Lipinski definition) is 2. The van der Waals surface area contributed by atoms with Crippen molar-refractivity contribution in [2.24, 2.45) is 11.3 Å². The number of nitrogens with one attached hydrogen (secondary N) is 1. The molecule has 0 radical (unpaired) electrons. The lowest BCUT2D eigenvalue weighted by Gasteiger charge is -2.30. The van der Waals surface area contributed by atoms with Gasteiger partial charge in [0, 0.05) is 10.5 Å². The molecule has 0 amide bonds. The van der Waals surface area contributed by atoms with Crippen LogP contribution in [0.25, 0.3) is 0 Å². The van der Waals surface area contributed by atoms with Crippen LogP contribution in [0.4, 0.5) is 0 Å². The highest BCUT2D eigenvalue weighted by Gasteiger charge is 2.23. The summed E-state index contributed by atoms with van der Waals surface area (Å²) in [7, 11) is 0. The Balaban J connectivity index is 2.76. The van der Waals surface area contributed by atoms with Crippen LogP contribution in [0.3, 0.4) is 0 Å². The molecule has 1 atom stereocenters. The monoisotopic (exact) mass is 270 g/mol. The fourth-order valence-corrected chi connectivity index (χ4v) is 1.96. The largest absolute Gasteiger partial charge is 0.271 e. The minimum atomic E-state index is 0.164. The number of nitrogens with two attached hydrogens (primary N) is 1. The summed E-state index contributed by atoms with van der Waals surface area (Å²) in [6.07, 6.45) is 0.944. The van der Waals surface area contributed by atoms with Crippen molar-refractivity contribution in [3.63, 3.8) is 0 Å². The predicted molar refractivity (Wildman–Crippen MR) is 68.4 cm³/mol. The zero-order chi connectivity index (χ0) is 11.5. The number of hydrazine groups is 1. The maximum atomic E-state index is 5.58. The molecule has 84 valence electrons. The van der Waals surface area contributed by atoms with Crippen molar-refractivity contribution < 1.29 is 0 Å². The lowest BCUT2D eigenvalue weighted by Crippen LogP contribution is -2.45. The van der Waals surface area contributed by atoms with Crippen LogP contribution in [-0.2, 0) is 6.42 Å². The van der Waals surface area contributed by atoms with Crippen molar-refractivity contribution in [3.8, 4) is 0 Å². The van der Waals surface area contributed by atoms with Crippen LogP contribution in [0.2, 0.25) is 0 Å². The van der Waals surface area contributed by atoms with E-state index in [1.165, 1.54) is 5.56 Å². The van der Waals surface area contributed by atoms with E-state index in [1.54, 1.807) is 0 Å². The minimum Gasteiger partial charge on any atom is -0.271 e. The maximum absolute atomic E-state index is 5.58. The zero-order valence-corrected chi connectivity index (χ0v) is 11.1. The Morgan fingerprint density at radius 3 is 2.53 bits per heavy atom. The quantitative estimate of drug-likeness (QED) is 0.655. The van der Waals surface area contributed by atoms with Gasteiger partial charge in [0.25, 0.3) is 0 Å². The highest BCUT2D eigenvalue weighted by Crippen LogP contribution is 2.23. The van der Waals surface area contributed by atoms with Gasteiger partial charge >= 0.3 is 0 Å². The molecule has 1 rings (SSSR count). The average molecular weight is 271 g/mol. The van der Waals surface area contributed by atoms with Crippen LogP contribution in [0.15, 0.2) is 28.7 Å². The topological polar surface area (TPSA) is 38.0 Å². The Morgan fingerprint density at radius 2 is 2.07 bits per heavy atom. The fourth-order valence-electron chi connectivity index (χ4n) is 1.51. The number of halogens is 1. The molecular weight excluding hydrogens is 252 g/mol. The molecule has 2 nitrogen and oxygen atoms in total. The van der Waals surface area contributed by atoms with Gasteiger partial charge < -0.3 is 0 Å². The lowest BCUT2D eigenvalue weighted by molar-refractivity contribution is 0.269. The summed E-state index contributed by atoms with van der Waals surface area (Å²) in [5, 5.41) is 0. The van der Waals surface area contributed by atoms with Gasteiger partial charge in [0.05, 0.1) is 0 Å². The van der Waals surface area contributed by atoms with Gasteiger partial charge in [-0.2, -0.15) is 0 Å². The van der Waals surface area contributed by atoms with Crippen LogP contribution < -0.4 is 11.3 Å². The van der Waals surface area contributed by atoms with Crippen molar-refractivity contribution in [2.45, 2.75) is 33.2 Å². The smallest absolute Gasteiger partial charge is 0.0299 e. The Kier molecular flexibility index (Phi) is 4.32. The molecule has 1 aromatic carbocycles. The number of hydrogen-bond donors (Lipinski definition) is 2. The second-order valence-electron chi connectivity index (χ2n) is 4.92. The Morgan fingerprint density at radius 1 is 1.40 bits per heavy atom. The normalized spacial score (nSPS) is 13.9. The predicted octanol–water partition coefficient (Wildman–Crippen LogP) is 2.87. The average Bonchev–Trinajstić information content (AvgIpc) is 2.12. The van der Waals surface area contributed by atoms with Crippen molar-refractivity contribution in [2.75, 3.05) is 0 Å². The number of benzene rings is 1. The summed E-state index contributed by atoms with van der Waals surface area (Å²) < 4.78 is 1.12. The van der Waals surface area contributed by atoms with Crippen LogP contribution in [0.1, 0.15) is 26.3 Å². The van der Waals surface area contributed by atoms with Crippen LogP contribution in [-0.4, -0.2) is 6.04 Å². The fraction of sp³-hybridized carbons (Fsp3) is 0.500. The van der Waals surface area contributed by atoms with Gasteiger partial charge in [-0.15, -0.1) is 0 Å². The van der Waals surface area contributed by atoms with Crippen molar-refractivity contribution >= 4 is 15.9 Å². The van der Waals surface area contributed by atoms with Crippen LogP contribution >= 0.6 is 15.9 Å². The van der Waals surface area contributed by atoms with E-state index in [2.05, 4.69) is 60.3 Å². The van der Waals surface area contributed by atoms with Crippen LogP contribution in [0, 0.1) is 5.41 Å². The third kappa shape index (κ3) is 3.93. The van der Waals surface area contributed by atoms with E-state index in [0.717, 1.165) is 10.9 Å². The van der Waals surface area contributed by atoms with E-state index in [4.69, 9.17) is 5.84 Å². The van der Waals surface area contributed by atoms with Crippen LogP contribution in [0.5, 0.6) is 0 Å². The maximum Gasteiger partial charge on any atom is 0.0299 e. The second kappa shape index (κ2) is 5.10. The molecule has 0 saturated heterocycles. The minimum absolute atomic E-state index is 0.164. The van der Waals surface area contributed by atoms with Crippen molar-refractivity contribution in [1.29, 1.82) is 0 Å². The molecule has 0 aromatic heterocycles. The van der Waals surface area contributed by atoms with Gasteiger partial charge in [-0.3, -0.25) is 11.3 Å². The van der Waals surface area contributed by atoms with Gasteiger partial charge in [-0.25, -0.2) is 0 Å². The molecule has 0 bridgehead atoms. The first kappa shape index (κ1) is 12.7. The molecule has 0 aliphatic heterocycles. The third-order valence-electron chi connectivity index (χ3n) is 2.58. The molecule has 0 aliphatic carbocycles. The Labute approximate surface area is 100 Å². The van der Waals surface area contributed by atoms with Crippen molar-refractivity contribution in [3.05, 3.63) is 34.3 Å². The molecule has 1 aromatic rings. The van der Waals surface area contributed by atoms with Gasteiger partial charge in [0.2, 0.25) is 0 Å². The van der Waals surface area contributed by atoms with E-state index in [0.29, 0.717) is 0 Å². The first-order valence-electron chi connectivity index (χ1n) is 5.14. The second-order valence-corrected chi connectivity index (χ2v) is 5.83. The Bertz CT molecular complexity index is 318. The summed E-state index contributed by atoms with van der Waals surface area (Å²) in [6.45, 7) is 6.57. The Hall–Kier alpha value is -0.380. The zero-order valence-electron chi connectivity index (χ0n) is 9.55. The molecular formula is C12H19BrN2. The third-order valence-corrected chi connectivity index (χ3v) is 3.07. The lowest BCUT2D eigenvalue weighted by atomic mass is 9.83. The SMILES string of the molecule is CC(C)(C)C(Cc1cccc(Br)c1)NN. The summed E-state index contributed by atoms with van der Waals surface area (Å²) in [6, 6.07) is 8.63. The standard InChI is InChI=1S/C12H19BrN2/c1-12(2,3)11(15-14)8-9-5-4-6-10(13)7-9/h4-7,11,15H,8,14H2,1-3H3. The van der Waals surface area contributed by atoms with E-state index in [1.807, 2.05) is 6.07 Å². The summed E-state index contributed by atoms with van der Waals surface area (Å²) in [4.78, 5) is 0. The van der Waals surface area contributed by atoms with E-state index in [9.17, 15) is 0 Å². The van der Waals surface area contributed by atoms with E-state index in [-0.39, 0.29) is 11.5 Å². The molecule has 0 spiro atoms.